The molecule has 1 aliphatic rings. The lowest BCUT2D eigenvalue weighted by Gasteiger charge is -2.11. The highest BCUT2D eigenvalue weighted by atomic mass is 32.2. The first-order valence-corrected chi connectivity index (χ1v) is 8.06. The molecule has 6 heteroatoms. The van der Waals surface area contributed by atoms with E-state index in [1.54, 1.807) is 0 Å². The molecule has 0 saturated carbocycles. The summed E-state index contributed by atoms with van der Waals surface area (Å²) in [5, 5.41) is 0.301. The predicted octanol–water partition coefficient (Wildman–Crippen LogP) is 2.74. The minimum absolute atomic E-state index is 0.263. The lowest BCUT2D eigenvalue weighted by molar-refractivity contribution is 0.821. The average Bonchev–Trinajstić information content (AvgIpc) is 2.81. The van der Waals surface area contributed by atoms with Gasteiger partial charge in [-0.25, -0.2) is 9.59 Å². The fourth-order valence-corrected chi connectivity index (χ4v) is 4.14. The summed E-state index contributed by atoms with van der Waals surface area (Å²) in [4.78, 5) is 32.3. The first-order valence-electron chi connectivity index (χ1n) is 7.24. The van der Waals surface area contributed by atoms with Crippen LogP contribution in [0.15, 0.2) is 62.1 Å². The second-order valence-electron chi connectivity index (χ2n) is 5.43. The zero-order valence-electron chi connectivity index (χ0n) is 12.3. The lowest BCUT2D eigenvalue weighted by Crippen LogP contribution is -2.25. The minimum Gasteiger partial charge on any atom is -0.286 e. The molecule has 0 fully saturated rings. The molecule has 0 amide bonds. The Balaban J connectivity index is 1.84. The van der Waals surface area contributed by atoms with Crippen LogP contribution >= 0.6 is 11.8 Å². The molecule has 0 saturated heterocycles. The number of hydrogen-bond acceptors (Lipinski definition) is 4. The average molecular weight is 323 g/mol. The number of aromatic amines is 2. The fourth-order valence-electron chi connectivity index (χ4n) is 3.12. The predicted molar refractivity (Wildman–Crippen MR) is 89.0 cm³/mol. The zero-order chi connectivity index (χ0) is 16.0. The van der Waals surface area contributed by atoms with Gasteiger partial charge in [0.15, 0.2) is 5.16 Å². The lowest BCUT2D eigenvalue weighted by atomic mass is 9.99. The topological polar surface area (TPSA) is 78.6 Å². The SMILES string of the molecule is CC1c2ccccc2-c2cccc(Sc3nc(=O)[nH]c(=O)[nH]3)c21. The number of benzene rings is 2. The Morgan fingerprint density at radius 3 is 2.61 bits per heavy atom. The molecule has 1 unspecified atom stereocenters. The van der Waals surface area contributed by atoms with Crippen molar-refractivity contribution in [1.82, 2.24) is 15.0 Å². The first kappa shape index (κ1) is 14.0. The minimum atomic E-state index is -0.639. The summed E-state index contributed by atoms with van der Waals surface area (Å²) in [5.41, 5.74) is 3.76. The molecule has 23 heavy (non-hydrogen) atoms. The Bertz CT molecular complexity index is 994. The summed E-state index contributed by atoms with van der Waals surface area (Å²) in [6, 6.07) is 14.4. The molecule has 1 aromatic heterocycles. The number of nitrogens with zero attached hydrogens (tertiary/aromatic N) is 1. The molecule has 114 valence electrons. The Morgan fingerprint density at radius 1 is 1.00 bits per heavy atom. The number of fused-ring (bicyclic) bond motifs is 3. The normalized spacial score (nSPS) is 15.3. The first-order chi connectivity index (χ1) is 11.1. The van der Waals surface area contributed by atoms with E-state index in [0.717, 1.165) is 4.90 Å². The Morgan fingerprint density at radius 2 is 1.78 bits per heavy atom. The van der Waals surface area contributed by atoms with Gasteiger partial charge in [-0.2, -0.15) is 4.98 Å². The molecule has 5 nitrogen and oxygen atoms in total. The molecular formula is C17H13N3O2S. The number of H-pyrrole nitrogens is 2. The van der Waals surface area contributed by atoms with Crippen LogP contribution in [0.2, 0.25) is 0 Å². The van der Waals surface area contributed by atoms with Gasteiger partial charge in [-0.15, -0.1) is 0 Å². The smallest absolute Gasteiger partial charge is 0.286 e. The molecule has 4 rings (SSSR count). The molecule has 0 bridgehead atoms. The van der Waals surface area contributed by atoms with Crippen molar-refractivity contribution >= 4 is 11.8 Å². The summed E-state index contributed by atoms with van der Waals surface area (Å²) in [7, 11) is 0. The van der Waals surface area contributed by atoms with E-state index >= 15 is 0 Å². The van der Waals surface area contributed by atoms with Gasteiger partial charge < -0.3 is 0 Å². The standard InChI is InChI=1S/C17H13N3O2S/c1-9-10-5-2-3-6-11(10)12-7-4-8-13(14(9)12)23-17-19-15(21)18-16(22)20-17/h2-9H,1H3,(H2,18,19,20,21,22). The van der Waals surface area contributed by atoms with E-state index in [0.29, 0.717) is 5.16 Å². The molecule has 2 N–H and O–H groups in total. The van der Waals surface area contributed by atoms with Gasteiger partial charge in [-0.1, -0.05) is 55.1 Å². The molecule has 1 atom stereocenters. The summed E-state index contributed by atoms with van der Waals surface area (Å²) >= 11 is 1.31. The number of nitrogens with one attached hydrogen (secondary N) is 2. The molecular weight excluding hydrogens is 310 g/mol. The maximum Gasteiger partial charge on any atom is 0.351 e. The highest BCUT2D eigenvalue weighted by Gasteiger charge is 2.27. The van der Waals surface area contributed by atoms with Crippen molar-refractivity contribution in [2.24, 2.45) is 0 Å². The van der Waals surface area contributed by atoms with Crippen LogP contribution < -0.4 is 11.4 Å². The van der Waals surface area contributed by atoms with Crippen molar-refractivity contribution in [3.8, 4) is 11.1 Å². The molecule has 0 aliphatic heterocycles. The monoisotopic (exact) mass is 323 g/mol. The van der Waals surface area contributed by atoms with E-state index in [4.69, 9.17) is 0 Å². The summed E-state index contributed by atoms with van der Waals surface area (Å²) in [6.07, 6.45) is 0. The van der Waals surface area contributed by atoms with Crippen LogP contribution in [-0.2, 0) is 0 Å². The second-order valence-corrected chi connectivity index (χ2v) is 6.46. The molecule has 0 radical (unpaired) electrons. The van der Waals surface area contributed by atoms with Crippen molar-refractivity contribution in [2.45, 2.75) is 22.9 Å². The van der Waals surface area contributed by atoms with Crippen LogP contribution in [0.4, 0.5) is 0 Å². The van der Waals surface area contributed by atoms with Crippen LogP contribution in [-0.4, -0.2) is 15.0 Å². The van der Waals surface area contributed by atoms with Crippen molar-refractivity contribution < 1.29 is 0 Å². The van der Waals surface area contributed by atoms with Crippen LogP contribution in [0.5, 0.6) is 0 Å². The van der Waals surface area contributed by atoms with Crippen molar-refractivity contribution in [2.75, 3.05) is 0 Å². The van der Waals surface area contributed by atoms with Gasteiger partial charge in [0, 0.05) is 10.8 Å². The second kappa shape index (κ2) is 5.24. The number of hydrogen-bond donors (Lipinski definition) is 2. The third-order valence-corrected chi connectivity index (χ3v) is 5.03. The van der Waals surface area contributed by atoms with Crippen molar-refractivity contribution in [3.05, 3.63) is 74.6 Å². The van der Waals surface area contributed by atoms with E-state index in [2.05, 4.69) is 40.1 Å². The van der Waals surface area contributed by atoms with Crippen LogP contribution in [0.3, 0.4) is 0 Å². The summed E-state index contributed by atoms with van der Waals surface area (Å²) < 4.78 is 0. The van der Waals surface area contributed by atoms with E-state index in [1.807, 2.05) is 24.3 Å². The van der Waals surface area contributed by atoms with Crippen LogP contribution in [0.25, 0.3) is 11.1 Å². The Kier molecular flexibility index (Phi) is 3.20. The van der Waals surface area contributed by atoms with E-state index < -0.39 is 11.4 Å². The quantitative estimate of drug-likeness (QED) is 0.760. The zero-order valence-corrected chi connectivity index (χ0v) is 13.1. The molecule has 1 heterocycles. The third-order valence-electron chi connectivity index (χ3n) is 4.07. The highest BCUT2D eigenvalue weighted by Crippen LogP contribution is 2.48. The van der Waals surface area contributed by atoms with Gasteiger partial charge >= 0.3 is 11.4 Å². The number of aromatic nitrogens is 3. The van der Waals surface area contributed by atoms with Gasteiger partial charge in [0.2, 0.25) is 0 Å². The van der Waals surface area contributed by atoms with Crippen LogP contribution in [0.1, 0.15) is 24.0 Å². The van der Waals surface area contributed by atoms with E-state index in [1.165, 1.54) is 34.0 Å². The molecule has 1 aliphatic carbocycles. The molecule has 2 aromatic carbocycles. The Hall–Kier alpha value is -2.60. The maximum atomic E-state index is 11.4. The third kappa shape index (κ3) is 2.31. The van der Waals surface area contributed by atoms with Gasteiger partial charge in [-0.3, -0.25) is 9.97 Å². The van der Waals surface area contributed by atoms with Gasteiger partial charge in [0.05, 0.1) is 0 Å². The van der Waals surface area contributed by atoms with E-state index in [9.17, 15) is 9.59 Å². The molecule has 3 aromatic rings. The highest BCUT2D eigenvalue weighted by molar-refractivity contribution is 7.99. The van der Waals surface area contributed by atoms with Gasteiger partial charge in [0.25, 0.3) is 0 Å². The van der Waals surface area contributed by atoms with Crippen molar-refractivity contribution in [1.29, 1.82) is 0 Å². The largest absolute Gasteiger partial charge is 0.351 e. The van der Waals surface area contributed by atoms with E-state index in [-0.39, 0.29) is 5.92 Å². The van der Waals surface area contributed by atoms with Crippen molar-refractivity contribution in [3.63, 3.8) is 0 Å². The van der Waals surface area contributed by atoms with Gasteiger partial charge in [0.1, 0.15) is 0 Å². The summed E-state index contributed by atoms with van der Waals surface area (Å²) in [6.45, 7) is 2.17. The molecule has 0 spiro atoms. The fraction of sp³-hybridized carbons (Fsp3) is 0.118. The maximum absolute atomic E-state index is 11.4. The van der Waals surface area contributed by atoms with Crippen LogP contribution in [0, 0.1) is 0 Å². The number of rotatable bonds is 2. The Labute approximate surface area is 135 Å². The van der Waals surface area contributed by atoms with Gasteiger partial charge in [-0.05, 0) is 28.3 Å². The summed E-state index contributed by atoms with van der Waals surface area (Å²) in [5.74, 6) is 0.263.